The molecule has 4 heteroatoms. The van der Waals surface area contributed by atoms with Crippen molar-refractivity contribution in [2.75, 3.05) is 20.6 Å². The van der Waals surface area contributed by atoms with Gasteiger partial charge in [-0.1, -0.05) is 18.2 Å². The molecule has 0 heterocycles. The molecule has 0 aliphatic carbocycles. The van der Waals surface area contributed by atoms with E-state index in [-0.39, 0.29) is 0 Å². The lowest BCUT2D eigenvalue weighted by molar-refractivity contribution is -0.140. The average molecular weight is 206 g/mol. The summed E-state index contributed by atoms with van der Waals surface area (Å²) < 4.78 is 4.86. The Kier molecular flexibility index (Phi) is 5.75. The molecule has 0 N–H and O–H groups in total. The summed E-state index contributed by atoms with van der Waals surface area (Å²) in [6.07, 6.45) is 0.619. The van der Waals surface area contributed by atoms with E-state index in [4.69, 9.17) is 16.3 Å². The molecule has 0 rings (SSSR count). The van der Waals surface area contributed by atoms with Crippen molar-refractivity contribution in [3.63, 3.8) is 0 Å². The van der Waals surface area contributed by atoms with E-state index in [1.807, 2.05) is 19.0 Å². The van der Waals surface area contributed by atoms with Gasteiger partial charge in [-0.15, -0.1) is 0 Å². The lowest BCUT2D eigenvalue weighted by Gasteiger charge is -2.14. The van der Waals surface area contributed by atoms with Crippen LogP contribution in [0.5, 0.6) is 0 Å². The van der Waals surface area contributed by atoms with Gasteiger partial charge in [0.2, 0.25) is 0 Å². The van der Waals surface area contributed by atoms with Gasteiger partial charge in [0.15, 0.2) is 5.56 Å². The standard InChI is InChI=1S/C9H16ClNO2/c1-7(2)9(12)13-8(10)5-6-11(3)4/h8H,1,5-6H2,2-4H3. The van der Waals surface area contributed by atoms with Gasteiger partial charge in [0.1, 0.15) is 0 Å². The fourth-order valence-electron chi connectivity index (χ4n) is 0.635. The maximum atomic E-state index is 11.0. The third kappa shape index (κ3) is 6.61. The first-order valence-corrected chi connectivity index (χ1v) is 4.52. The Morgan fingerprint density at radius 3 is 2.54 bits per heavy atom. The van der Waals surface area contributed by atoms with E-state index >= 15 is 0 Å². The number of halogens is 1. The maximum absolute atomic E-state index is 11.0. The van der Waals surface area contributed by atoms with Crippen LogP contribution < -0.4 is 0 Å². The number of rotatable bonds is 5. The van der Waals surface area contributed by atoms with Crippen molar-refractivity contribution in [2.45, 2.75) is 18.9 Å². The molecule has 1 atom stereocenters. The highest BCUT2D eigenvalue weighted by Crippen LogP contribution is 2.07. The van der Waals surface area contributed by atoms with Crippen molar-refractivity contribution in [1.82, 2.24) is 4.90 Å². The van der Waals surface area contributed by atoms with E-state index in [2.05, 4.69) is 6.58 Å². The zero-order valence-electron chi connectivity index (χ0n) is 8.34. The summed E-state index contributed by atoms with van der Waals surface area (Å²) >= 11 is 5.75. The van der Waals surface area contributed by atoms with Gasteiger partial charge in [-0.2, -0.15) is 0 Å². The number of nitrogens with zero attached hydrogens (tertiary/aromatic N) is 1. The van der Waals surface area contributed by atoms with Crippen molar-refractivity contribution in [3.8, 4) is 0 Å². The minimum Gasteiger partial charge on any atom is -0.443 e. The smallest absolute Gasteiger partial charge is 0.334 e. The minimum atomic E-state index is -0.563. The third-order valence-corrected chi connectivity index (χ3v) is 1.69. The topological polar surface area (TPSA) is 29.5 Å². The summed E-state index contributed by atoms with van der Waals surface area (Å²) in [6, 6.07) is 0. The molecular formula is C9H16ClNO2. The zero-order valence-corrected chi connectivity index (χ0v) is 9.10. The number of hydrogen-bond acceptors (Lipinski definition) is 3. The summed E-state index contributed by atoms with van der Waals surface area (Å²) in [7, 11) is 3.87. The molecule has 0 spiro atoms. The number of ether oxygens (including phenoxy) is 1. The van der Waals surface area contributed by atoms with Crippen molar-refractivity contribution in [2.24, 2.45) is 0 Å². The molecule has 0 saturated heterocycles. The van der Waals surface area contributed by atoms with Gasteiger partial charge in [0.05, 0.1) is 0 Å². The van der Waals surface area contributed by atoms with Crippen LogP contribution in [0.3, 0.4) is 0 Å². The van der Waals surface area contributed by atoms with Crippen LogP contribution in [-0.4, -0.2) is 37.1 Å². The molecule has 76 valence electrons. The predicted molar refractivity (Wildman–Crippen MR) is 53.7 cm³/mol. The van der Waals surface area contributed by atoms with Gasteiger partial charge in [-0.05, 0) is 21.0 Å². The summed E-state index contributed by atoms with van der Waals surface area (Å²) in [5.41, 5.74) is -0.192. The fourth-order valence-corrected chi connectivity index (χ4v) is 0.814. The Balaban J connectivity index is 3.68. The van der Waals surface area contributed by atoms with Gasteiger partial charge in [-0.25, -0.2) is 4.79 Å². The zero-order chi connectivity index (χ0) is 10.4. The Bertz CT molecular complexity index is 192. The van der Waals surface area contributed by atoms with Crippen LogP contribution in [0.25, 0.3) is 0 Å². The number of hydrogen-bond donors (Lipinski definition) is 0. The molecule has 13 heavy (non-hydrogen) atoms. The van der Waals surface area contributed by atoms with Gasteiger partial charge in [-0.3, -0.25) is 0 Å². The molecule has 0 saturated carbocycles. The largest absolute Gasteiger partial charge is 0.443 e. The first-order valence-electron chi connectivity index (χ1n) is 4.08. The molecule has 3 nitrogen and oxygen atoms in total. The van der Waals surface area contributed by atoms with Crippen LogP contribution in [0.1, 0.15) is 13.3 Å². The first-order chi connectivity index (χ1) is 5.93. The Hall–Kier alpha value is -0.540. The number of carbonyl (C=O) groups is 1. The SMILES string of the molecule is C=C(C)C(=O)OC(Cl)CCN(C)C. The Morgan fingerprint density at radius 1 is 1.62 bits per heavy atom. The van der Waals surface area contributed by atoms with E-state index in [9.17, 15) is 4.79 Å². The monoisotopic (exact) mass is 205 g/mol. The first kappa shape index (κ1) is 12.5. The lowest BCUT2D eigenvalue weighted by Crippen LogP contribution is -2.20. The maximum Gasteiger partial charge on any atom is 0.334 e. The third-order valence-electron chi connectivity index (χ3n) is 1.39. The molecule has 0 aromatic heterocycles. The summed E-state index contributed by atoms with van der Waals surface area (Å²) in [5.74, 6) is -0.432. The van der Waals surface area contributed by atoms with E-state index < -0.39 is 11.5 Å². The minimum absolute atomic E-state index is 0.371. The average Bonchev–Trinajstić information content (AvgIpc) is 2.00. The van der Waals surface area contributed by atoms with Gasteiger partial charge < -0.3 is 9.64 Å². The second kappa shape index (κ2) is 6.00. The number of carbonyl (C=O) groups excluding carboxylic acids is 1. The highest BCUT2D eigenvalue weighted by molar-refractivity contribution is 6.20. The number of esters is 1. The van der Waals surface area contributed by atoms with Crippen LogP contribution >= 0.6 is 11.6 Å². The second-order valence-corrected chi connectivity index (χ2v) is 3.67. The van der Waals surface area contributed by atoms with E-state index in [1.165, 1.54) is 0 Å². The molecule has 0 aliphatic rings. The second-order valence-electron chi connectivity index (χ2n) is 3.19. The highest BCUT2D eigenvalue weighted by Gasteiger charge is 2.11. The van der Waals surface area contributed by atoms with Crippen molar-refractivity contribution >= 4 is 17.6 Å². The van der Waals surface area contributed by atoms with Crippen molar-refractivity contribution in [1.29, 1.82) is 0 Å². The molecule has 0 radical (unpaired) electrons. The fraction of sp³-hybridized carbons (Fsp3) is 0.667. The summed E-state index contributed by atoms with van der Waals surface area (Å²) in [4.78, 5) is 13.0. The van der Waals surface area contributed by atoms with E-state index in [0.29, 0.717) is 12.0 Å². The normalized spacial score (nSPS) is 12.7. The molecule has 0 aromatic carbocycles. The van der Waals surface area contributed by atoms with E-state index in [0.717, 1.165) is 6.54 Å². The molecular weight excluding hydrogens is 190 g/mol. The molecule has 0 fully saturated rings. The molecule has 0 bridgehead atoms. The molecule has 0 aliphatic heterocycles. The van der Waals surface area contributed by atoms with E-state index in [1.54, 1.807) is 6.92 Å². The highest BCUT2D eigenvalue weighted by atomic mass is 35.5. The quantitative estimate of drug-likeness (QED) is 0.388. The van der Waals surface area contributed by atoms with Gasteiger partial charge >= 0.3 is 5.97 Å². The summed E-state index contributed by atoms with van der Waals surface area (Å²) in [5, 5.41) is 0. The molecule has 0 aromatic rings. The predicted octanol–water partition coefficient (Wildman–Crippen LogP) is 1.62. The van der Waals surface area contributed by atoms with Crippen LogP contribution in [-0.2, 0) is 9.53 Å². The Labute approximate surface area is 84.3 Å². The van der Waals surface area contributed by atoms with Crippen LogP contribution in [0.15, 0.2) is 12.2 Å². The van der Waals surface area contributed by atoms with Crippen LogP contribution in [0.4, 0.5) is 0 Å². The van der Waals surface area contributed by atoms with Gasteiger partial charge in [0.25, 0.3) is 0 Å². The Morgan fingerprint density at radius 2 is 2.15 bits per heavy atom. The van der Waals surface area contributed by atoms with Crippen molar-refractivity contribution in [3.05, 3.63) is 12.2 Å². The van der Waals surface area contributed by atoms with Crippen molar-refractivity contribution < 1.29 is 9.53 Å². The van der Waals surface area contributed by atoms with Crippen LogP contribution in [0.2, 0.25) is 0 Å². The molecule has 0 amide bonds. The van der Waals surface area contributed by atoms with Gasteiger partial charge in [0, 0.05) is 18.5 Å². The summed E-state index contributed by atoms with van der Waals surface area (Å²) in [6.45, 7) is 5.84. The van der Waals surface area contributed by atoms with Crippen LogP contribution in [0, 0.1) is 0 Å². The molecule has 1 unspecified atom stereocenters. The lowest BCUT2D eigenvalue weighted by atomic mass is 10.3. The number of alkyl halides is 1.